The first-order valence-electron chi connectivity index (χ1n) is 11.9. The Labute approximate surface area is 228 Å². The minimum Gasteiger partial charge on any atom is -0.354 e. The topological polar surface area (TPSA) is 86.8 Å². The van der Waals surface area contributed by atoms with Crippen molar-refractivity contribution in [2.75, 3.05) is 20.1 Å². The van der Waals surface area contributed by atoms with E-state index in [0.29, 0.717) is 22.2 Å². The van der Waals surface area contributed by atoms with Gasteiger partial charge in [-0.1, -0.05) is 73.4 Å². The number of rotatable bonds is 10. The fraction of sp³-hybridized carbons (Fsp3) is 0.333. The van der Waals surface area contributed by atoms with Gasteiger partial charge < -0.3 is 10.2 Å². The van der Waals surface area contributed by atoms with Gasteiger partial charge in [0, 0.05) is 30.2 Å². The summed E-state index contributed by atoms with van der Waals surface area (Å²) < 4.78 is 27.6. The lowest BCUT2D eigenvalue weighted by molar-refractivity contribution is -0.140. The smallest absolute Gasteiger partial charge is 0.243 e. The summed E-state index contributed by atoms with van der Waals surface area (Å²) in [6.07, 6.45) is 0. The van der Waals surface area contributed by atoms with E-state index in [1.807, 2.05) is 38.1 Å². The Morgan fingerprint density at radius 2 is 1.62 bits per heavy atom. The minimum atomic E-state index is -3.97. The van der Waals surface area contributed by atoms with Gasteiger partial charge in [0.15, 0.2) is 0 Å². The quantitative estimate of drug-likeness (QED) is 0.377. The fourth-order valence-electron chi connectivity index (χ4n) is 3.74. The molecule has 0 bridgehead atoms. The van der Waals surface area contributed by atoms with Gasteiger partial charge in [0.1, 0.15) is 6.04 Å². The maximum Gasteiger partial charge on any atom is 0.243 e. The molecule has 10 heteroatoms. The van der Waals surface area contributed by atoms with Crippen molar-refractivity contribution < 1.29 is 18.0 Å². The molecule has 7 nitrogen and oxygen atoms in total. The highest BCUT2D eigenvalue weighted by molar-refractivity contribution is 7.89. The number of hydrogen-bond acceptors (Lipinski definition) is 4. The summed E-state index contributed by atoms with van der Waals surface area (Å²) in [5.41, 5.74) is 0.586. The van der Waals surface area contributed by atoms with Gasteiger partial charge in [0.2, 0.25) is 21.8 Å². The van der Waals surface area contributed by atoms with Crippen molar-refractivity contribution in [2.45, 2.75) is 38.3 Å². The van der Waals surface area contributed by atoms with Crippen LogP contribution in [0.5, 0.6) is 0 Å². The van der Waals surface area contributed by atoms with Gasteiger partial charge in [-0.05, 0) is 53.4 Å². The summed E-state index contributed by atoms with van der Waals surface area (Å²) in [7, 11) is -2.62. The third-order valence-electron chi connectivity index (χ3n) is 5.99. The normalized spacial score (nSPS) is 12.6. The molecule has 0 aliphatic rings. The molecule has 0 aromatic heterocycles. The number of fused-ring (bicyclic) bond motifs is 1. The summed E-state index contributed by atoms with van der Waals surface area (Å²) in [6.45, 7) is 5.54. The molecule has 37 heavy (non-hydrogen) atoms. The zero-order valence-electron chi connectivity index (χ0n) is 21.2. The average Bonchev–Trinajstić information content (AvgIpc) is 2.85. The third-order valence-corrected chi connectivity index (χ3v) is 8.38. The van der Waals surface area contributed by atoms with Crippen LogP contribution in [-0.4, -0.2) is 55.6 Å². The van der Waals surface area contributed by atoms with Crippen molar-refractivity contribution in [1.29, 1.82) is 0 Å². The molecule has 3 aromatic rings. The Morgan fingerprint density at radius 3 is 2.27 bits per heavy atom. The van der Waals surface area contributed by atoms with E-state index in [-0.39, 0.29) is 23.3 Å². The van der Waals surface area contributed by atoms with E-state index in [1.165, 1.54) is 18.0 Å². The van der Waals surface area contributed by atoms with Gasteiger partial charge in [-0.15, -0.1) is 0 Å². The highest BCUT2D eigenvalue weighted by Gasteiger charge is 2.30. The van der Waals surface area contributed by atoms with Crippen LogP contribution in [-0.2, 0) is 26.2 Å². The second-order valence-corrected chi connectivity index (χ2v) is 12.2. The molecule has 0 saturated heterocycles. The Hall–Kier alpha value is -2.65. The summed E-state index contributed by atoms with van der Waals surface area (Å²) in [5, 5.41) is 5.30. The lowest BCUT2D eigenvalue weighted by Gasteiger charge is -2.30. The van der Waals surface area contributed by atoms with Crippen LogP contribution in [0.1, 0.15) is 26.3 Å². The maximum absolute atomic E-state index is 13.5. The van der Waals surface area contributed by atoms with Crippen molar-refractivity contribution in [3.8, 4) is 0 Å². The fourth-order valence-corrected chi connectivity index (χ4v) is 5.37. The van der Waals surface area contributed by atoms with Gasteiger partial charge >= 0.3 is 0 Å². The average molecular weight is 565 g/mol. The largest absolute Gasteiger partial charge is 0.354 e. The maximum atomic E-state index is 13.5. The molecule has 0 aliphatic heterocycles. The summed E-state index contributed by atoms with van der Waals surface area (Å²) in [5.74, 6) is -0.651. The number of nitrogens with one attached hydrogen (secondary N) is 1. The van der Waals surface area contributed by atoms with Crippen LogP contribution in [0.3, 0.4) is 0 Å². The molecular formula is C27H31Cl2N3O4S. The number of nitrogens with zero attached hydrogens (tertiary/aromatic N) is 2. The van der Waals surface area contributed by atoms with Gasteiger partial charge in [-0.3, -0.25) is 9.59 Å². The first-order valence-corrected chi connectivity index (χ1v) is 14.1. The molecule has 1 N–H and O–H groups in total. The lowest BCUT2D eigenvalue weighted by atomic mass is 10.1. The molecule has 0 spiro atoms. The monoisotopic (exact) mass is 563 g/mol. The number of hydrogen-bond donors (Lipinski definition) is 1. The Kier molecular flexibility index (Phi) is 9.58. The Bertz CT molecular complexity index is 1400. The van der Waals surface area contributed by atoms with Crippen molar-refractivity contribution in [1.82, 2.24) is 14.5 Å². The zero-order valence-corrected chi connectivity index (χ0v) is 23.6. The highest BCUT2D eigenvalue weighted by Crippen LogP contribution is 2.24. The number of likely N-dealkylation sites (N-methyl/N-ethyl adjacent to an activating group) is 1. The number of sulfonamides is 1. The van der Waals surface area contributed by atoms with E-state index in [2.05, 4.69) is 5.32 Å². The van der Waals surface area contributed by atoms with E-state index in [4.69, 9.17) is 23.2 Å². The minimum absolute atomic E-state index is 0.00889. The zero-order chi connectivity index (χ0) is 27.3. The van der Waals surface area contributed by atoms with E-state index < -0.39 is 28.5 Å². The lowest BCUT2D eigenvalue weighted by Crippen LogP contribution is -2.51. The number of carbonyl (C=O) groups excluding carboxylic acids is 2. The van der Waals surface area contributed by atoms with Gasteiger partial charge in [0.25, 0.3) is 0 Å². The molecule has 0 fully saturated rings. The number of amides is 2. The first-order chi connectivity index (χ1) is 17.4. The van der Waals surface area contributed by atoms with Gasteiger partial charge in [-0.2, -0.15) is 4.31 Å². The summed E-state index contributed by atoms with van der Waals surface area (Å²) in [4.78, 5) is 27.8. The first kappa shape index (κ1) is 28.9. The van der Waals surface area contributed by atoms with E-state index in [9.17, 15) is 18.0 Å². The van der Waals surface area contributed by atoms with Crippen LogP contribution >= 0.6 is 23.2 Å². The second-order valence-electron chi connectivity index (χ2n) is 9.34. The van der Waals surface area contributed by atoms with Gasteiger partial charge in [-0.25, -0.2) is 8.42 Å². The molecular weight excluding hydrogens is 533 g/mol. The molecule has 198 valence electrons. The molecule has 0 unspecified atom stereocenters. The van der Waals surface area contributed by atoms with Crippen LogP contribution in [0.25, 0.3) is 10.8 Å². The number of benzene rings is 3. The summed E-state index contributed by atoms with van der Waals surface area (Å²) >= 11 is 12.4. The molecule has 0 saturated carbocycles. The van der Waals surface area contributed by atoms with Crippen LogP contribution < -0.4 is 5.32 Å². The van der Waals surface area contributed by atoms with E-state index >= 15 is 0 Å². The van der Waals surface area contributed by atoms with Crippen LogP contribution in [0, 0.1) is 5.92 Å². The Morgan fingerprint density at radius 1 is 0.946 bits per heavy atom. The Balaban J connectivity index is 1.86. The second kappa shape index (κ2) is 12.3. The van der Waals surface area contributed by atoms with Crippen LogP contribution in [0.2, 0.25) is 10.0 Å². The number of halogens is 2. The predicted octanol–water partition coefficient (Wildman–Crippen LogP) is 4.96. The van der Waals surface area contributed by atoms with Crippen molar-refractivity contribution in [2.24, 2.45) is 5.92 Å². The molecule has 0 radical (unpaired) electrons. The van der Waals surface area contributed by atoms with Crippen LogP contribution in [0.4, 0.5) is 0 Å². The van der Waals surface area contributed by atoms with Crippen LogP contribution in [0.15, 0.2) is 65.6 Å². The number of carbonyl (C=O) groups is 2. The van der Waals surface area contributed by atoms with E-state index in [0.717, 1.165) is 15.1 Å². The highest BCUT2D eigenvalue weighted by atomic mass is 35.5. The predicted molar refractivity (Wildman–Crippen MR) is 148 cm³/mol. The molecule has 3 rings (SSSR count). The molecule has 3 aromatic carbocycles. The molecule has 1 atom stereocenters. The third kappa shape index (κ3) is 7.23. The summed E-state index contributed by atoms with van der Waals surface area (Å²) in [6, 6.07) is 16.3. The van der Waals surface area contributed by atoms with E-state index in [1.54, 1.807) is 37.3 Å². The SMILES string of the molecule is CC(C)CNC(=O)[C@@H](C)N(Cc1ccc(Cl)cc1Cl)C(=O)CN(C)S(=O)(=O)c1ccc2ccccc2c1. The molecule has 0 aliphatic carbocycles. The van der Waals surface area contributed by atoms with Crippen molar-refractivity contribution >= 4 is 55.8 Å². The molecule has 2 amide bonds. The van der Waals surface area contributed by atoms with Gasteiger partial charge in [0.05, 0.1) is 11.4 Å². The van der Waals surface area contributed by atoms with Crippen molar-refractivity contribution in [3.05, 3.63) is 76.3 Å². The van der Waals surface area contributed by atoms with Crippen molar-refractivity contribution in [3.63, 3.8) is 0 Å². The standard InChI is InChI=1S/C27H31Cl2N3O4S/c1-18(2)15-30-27(34)19(3)32(16-22-9-11-23(28)14-25(22)29)26(33)17-31(4)37(35,36)24-12-10-20-7-5-6-8-21(20)13-24/h5-14,18-19H,15-17H2,1-4H3,(H,30,34)/t19-/m1/s1. The molecule has 0 heterocycles.